The summed E-state index contributed by atoms with van der Waals surface area (Å²) in [7, 11) is 0. The number of amides is 1. The van der Waals surface area contributed by atoms with Crippen LogP contribution in [0, 0.1) is 6.92 Å². The van der Waals surface area contributed by atoms with E-state index in [-0.39, 0.29) is 11.8 Å². The molecule has 9 nitrogen and oxygen atoms in total. The van der Waals surface area contributed by atoms with Crippen molar-refractivity contribution in [2.75, 3.05) is 6.54 Å². The van der Waals surface area contributed by atoms with Crippen molar-refractivity contribution in [1.29, 1.82) is 0 Å². The normalized spacial score (nSPS) is 18.9. The van der Waals surface area contributed by atoms with Gasteiger partial charge in [-0.05, 0) is 38.0 Å². The summed E-state index contributed by atoms with van der Waals surface area (Å²) in [5.74, 6) is 0.624. The van der Waals surface area contributed by atoms with E-state index >= 15 is 0 Å². The number of fused-ring (bicyclic) bond motifs is 2. The van der Waals surface area contributed by atoms with Crippen molar-refractivity contribution in [3.05, 3.63) is 65.1 Å². The van der Waals surface area contributed by atoms with Crippen LogP contribution in [0.15, 0.2) is 35.0 Å². The van der Waals surface area contributed by atoms with E-state index < -0.39 is 6.04 Å². The molecule has 1 unspecified atom stereocenters. The molecular formula is C20H19N7O2. The summed E-state index contributed by atoms with van der Waals surface area (Å²) in [4.78, 5) is 22.8. The first-order valence-electron chi connectivity index (χ1n) is 9.81. The number of hydrogen-bond acceptors (Lipinski definition) is 6. The summed E-state index contributed by atoms with van der Waals surface area (Å²) in [6.45, 7) is 2.53. The van der Waals surface area contributed by atoms with E-state index in [2.05, 4.69) is 20.2 Å². The minimum atomic E-state index is -0.409. The topological polar surface area (TPSA) is 105 Å². The van der Waals surface area contributed by atoms with Crippen LogP contribution in [-0.2, 0) is 6.42 Å². The monoisotopic (exact) mass is 389 g/mol. The second-order valence-corrected chi connectivity index (χ2v) is 7.71. The number of aromatic amines is 1. The Balaban J connectivity index is 1.44. The van der Waals surface area contributed by atoms with Gasteiger partial charge < -0.3 is 14.3 Å². The summed E-state index contributed by atoms with van der Waals surface area (Å²) in [5.41, 5.74) is 4.60. The fourth-order valence-corrected chi connectivity index (χ4v) is 4.04. The number of aryl methyl sites for hydroxylation is 1. The molecule has 6 rings (SSSR count). The Bertz CT molecular complexity index is 1230. The number of carbonyl (C=O) groups excluding carboxylic acids is 1. The van der Waals surface area contributed by atoms with Crippen molar-refractivity contribution < 1.29 is 9.21 Å². The van der Waals surface area contributed by atoms with Crippen LogP contribution in [-0.4, -0.2) is 47.1 Å². The molecule has 1 aliphatic carbocycles. The highest BCUT2D eigenvalue weighted by Crippen LogP contribution is 2.39. The van der Waals surface area contributed by atoms with Gasteiger partial charge in [0.15, 0.2) is 0 Å². The minimum Gasteiger partial charge on any atom is -0.417 e. The van der Waals surface area contributed by atoms with Gasteiger partial charge in [0, 0.05) is 30.3 Å². The van der Waals surface area contributed by atoms with Crippen molar-refractivity contribution >= 4 is 11.4 Å². The molecular weight excluding hydrogens is 370 g/mol. The lowest BCUT2D eigenvalue weighted by molar-refractivity contribution is 0.0644. The van der Waals surface area contributed by atoms with Gasteiger partial charge in [-0.15, -0.1) is 10.2 Å². The molecule has 0 radical (unpaired) electrons. The highest BCUT2D eigenvalue weighted by atomic mass is 16.4. The molecule has 1 fully saturated rings. The third kappa shape index (κ3) is 2.57. The van der Waals surface area contributed by atoms with E-state index in [9.17, 15) is 4.79 Å². The number of imidazole rings is 1. The molecule has 4 aromatic rings. The Morgan fingerprint density at radius 2 is 2.17 bits per heavy atom. The number of nitrogens with one attached hydrogen (secondary N) is 1. The van der Waals surface area contributed by atoms with Crippen LogP contribution >= 0.6 is 0 Å². The average Bonchev–Trinajstić information content (AvgIpc) is 3.13. The number of nitrogens with zero attached hydrogens (tertiary/aromatic N) is 6. The van der Waals surface area contributed by atoms with Gasteiger partial charge in [-0.2, -0.15) is 5.10 Å². The van der Waals surface area contributed by atoms with E-state index in [0.29, 0.717) is 24.8 Å². The quantitative estimate of drug-likeness (QED) is 0.577. The van der Waals surface area contributed by atoms with Crippen molar-refractivity contribution in [3.63, 3.8) is 0 Å². The van der Waals surface area contributed by atoms with Crippen molar-refractivity contribution in [3.8, 4) is 0 Å². The molecule has 146 valence electrons. The van der Waals surface area contributed by atoms with Gasteiger partial charge in [-0.3, -0.25) is 4.79 Å². The predicted molar refractivity (Wildman–Crippen MR) is 101 cm³/mol. The number of hydrogen-bond donors (Lipinski definition) is 1. The maximum absolute atomic E-state index is 13.3. The molecule has 9 heteroatoms. The SMILES string of the molecule is Cc1cccc2cc(C3c4nc[nH]c4CCN3C(=O)c3nnc(C4CC4)o3)nn12. The lowest BCUT2D eigenvalue weighted by Gasteiger charge is -2.32. The van der Waals surface area contributed by atoms with Gasteiger partial charge in [0.25, 0.3) is 0 Å². The third-order valence-corrected chi connectivity index (χ3v) is 5.71. The van der Waals surface area contributed by atoms with Crippen LogP contribution in [0.5, 0.6) is 0 Å². The lowest BCUT2D eigenvalue weighted by Crippen LogP contribution is -2.41. The van der Waals surface area contributed by atoms with Crippen LogP contribution in [0.2, 0.25) is 0 Å². The molecule has 1 amide bonds. The molecule has 0 aromatic carbocycles. The molecule has 5 heterocycles. The van der Waals surface area contributed by atoms with Crippen molar-refractivity contribution in [1.82, 2.24) is 34.7 Å². The first kappa shape index (κ1) is 16.5. The van der Waals surface area contributed by atoms with Gasteiger partial charge >= 0.3 is 11.8 Å². The van der Waals surface area contributed by atoms with Gasteiger partial charge in [0.2, 0.25) is 5.89 Å². The molecule has 1 N–H and O–H groups in total. The zero-order chi connectivity index (χ0) is 19.5. The van der Waals surface area contributed by atoms with E-state index in [1.807, 2.05) is 35.7 Å². The molecule has 1 aliphatic heterocycles. The van der Waals surface area contributed by atoms with E-state index in [4.69, 9.17) is 9.52 Å². The van der Waals surface area contributed by atoms with Crippen molar-refractivity contribution in [2.45, 2.75) is 38.1 Å². The predicted octanol–water partition coefficient (Wildman–Crippen LogP) is 2.41. The largest absolute Gasteiger partial charge is 0.417 e. The van der Waals surface area contributed by atoms with Gasteiger partial charge in [0.05, 0.1) is 23.2 Å². The van der Waals surface area contributed by atoms with Crippen molar-refractivity contribution in [2.24, 2.45) is 0 Å². The Morgan fingerprint density at radius 1 is 1.28 bits per heavy atom. The number of aromatic nitrogens is 6. The minimum absolute atomic E-state index is 0.0378. The molecule has 1 atom stereocenters. The van der Waals surface area contributed by atoms with Crippen LogP contribution < -0.4 is 0 Å². The summed E-state index contributed by atoms with van der Waals surface area (Å²) in [5, 5.41) is 12.9. The standard InChI is InChI=1S/C20H19N7O2/c1-11-3-2-4-13-9-15(25-27(11)13)17-16-14(21-10-22-16)7-8-26(17)20(28)19-24-23-18(29-19)12-5-6-12/h2-4,9-10,12,17H,5-8H2,1H3,(H,21,22). The maximum Gasteiger partial charge on any atom is 0.312 e. The first-order chi connectivity index (χ1) is 14.2. The van der Waals surface area contributed by atoms with E-state index in [1.54, 1.807) is 11.2 Å². The Hall–Kier alpha value is -3.49. The lowest BCUT2D eigenvalue weighted by atomic mass is 9.99. The number of carbonyl (C=O) groups is 1. The molecule has 0 spiro atoms. The number of rotatable bonds is 3. The Labute approximate surface area is 165 Å². The molecule has 4 aromatic heterocycles. The molecule has 0 bridgehead atoms. The van der Waals surface area contributed by atoms with E-state index in [1.165, 1.54) is 0 Å². The summed E-state index contributed by atoms with van der Waals surface area (Å²) < 4.78 is 7.57. The van der Waals surface area contributed by atoms with Crippen LogP contribution in [0.3, 0.4) is 0 Å². The van der Waals surface area contributed by atoms with Crippen LogP contribution in [0.25, 0.3) is 5.52 Å². The van der Waals surface area contributed by atoms with E-state index in [0.717, 1.165) is 41.1 Å². The number of H-pyrrole nitrogens is 1. The van der Waals surface area contributed by atoms with Gasteiger partial charge in [-0.25, -0.2) is 9.50 Å². The highest BCUT2D eigenvalue weighted by molar-refractivity contribution is 5.90. The fourth-order valence-electron chi connectivity index (χ4n) is 4.04. The summed E-state index contributed by atoms with van der Waals surface area (Å²) in [6.07, 6.45) is 4.44. The van der Waals surface area contributed by atoms with Crippen LogP contribution in [0.1, 0.15) is 64.2 Å². The van der Waals surface area contributed by atoms with Gasteiger partial charge in [-0.1, -0.05) is 6.07 Å². The number of pyridine rings is 1. The van der Waals surface area contributed by atoms with Gasteiger partial charge in [0.1, 0.15) is 6.04 Å². The second kappa shape index (κ2) is 6.00. The third-order valence-electron chi connectivity index (χ3n) is 5.71. The average molecular weight is 389 g/mol. The molecule has 1 saturated carbocycles. The Kier molecular flexibility index (Phi) is 3.41. The summed E-state index contributed by atoms with van der Waals surface area (Å²) >= 11 is 0. The summed E-state index contributed by atoms with van der Waals surface area (Å²) in [6, 6.07) is 7.60. The Morgan fingerprint density at radius 3 is 3.00 bits per heavy atom. The fraction of sp³-hybridized carbons (Fsp3) is 0.350. The molecule has 2 aliphatic rings. The molecule has 0 saturated heterocycles. The zero-order valence-corrected chi connectivity index (χ0v) is 15.9. The zero-order valence-electron chi connectivity index (χ0n) is 15.9. The first-order valence-corrected chi connectivity index (χ1v) is 9.81. The van der Waals surface area contributed by atoms with Crippen LogP contribution in [0.4, 0.5) is 0 Å². The molecule has 29 heavy (non-hydrogen) atoms. The smallest absolute Gasteiger partial charge is 0.312 e. The highest BCUT2D eigenvalue weighted by Gasteiger charge is 2.39. The second-order valence-electron chi connectivity index (χ2n) is 7.71. The maximum atomic E-state index is 13.3.